The summed E-state index contributed by atoms with van der Waals surface area (Å²) in [4.78, 5) is 0. The van der Waals surface area contributed by atoms with Gasteiger partial charge in [0.05, 0.1) is 0 Å². The molecule has 3 nitrogen and oxygen atoms in total. The van der Waals surface area contributed by atoms with E-state index in [0.717, 1.165) is 18.2 Å². The molecule has 3 N–H and O–H groups in total. The molecule has 2 aromatic rings. The zero-order valence-electron chi connectivity index (χ0n) is 15.1. The second-order valence-electron chi connectivity index (χ2n) is 6.90. The minimum atomic E-state index is -5.10. The number of benzene rings is 2. The van der Waals surface area contributed by atoms with Crippen molar-refractivity contribution in [2.45, 2.75) is 44.3 Å². The lowest BCUT2D eigenvalue weighted by molar-refractivity contribution is -0.259. The molecule has 9 heteroatoms. The predicted octanol–water partition coefficient (Wildman–Crippen LogP) is 4.91. The Hall–Kier alpha value is -2.26. The van der Waals surface area contributed by atoms with E-state index in [9.17, 15) is 41.7 Å². The van der Waals surface area contributed by atoms with Crippen LogP contribution < -0.4 is 0 Å². The Balaban J connectivity index is 2.65. The Bertz CT molecular complexity index is 809. The van der Waals surface area contributed by atoms with Gasteiger partial charge >= 0.3 is 12.4 Å². The first-order valence-electron chi connectivity index (χ1n) is 8.03. The van der Waals surface area contributed by atoms with Gasteiger partial charge in [0.25, 0.3) is 0 Å². The highest BCUT2D eigenvalue weighted by atomic mass is 19.4. The van der Waals surface area contributed by atoms with Crippen molar-refractivity contribution in [1.29, 1.82) is 0 Å². The zero-order chi connectivity index (χ0) is 21.7. The van der Waals surface area contributed by atoms with Crippen LogP contribution >= 0.6 is 0 Å². The fourth-order valence-electron chi connectivity index (χ4n) is 2.74. The third-order valence-corrected chi connectivity index (χ3v) is 4.72. The van der Waals surface area contributed by atoms with E-state index in [1.807, 2.05) is 0 Å². The highest BCUT2D eigenvalue weighted by Crippen LogP contribution is 2.44. The zero-order valence-corrected chi connectivity index (χ0v) is 15.1. The topological polar surface area (TPSA) is 60.7 Å². The van der Waals surface area contributed by atoms with E-state index in [1.54, 1.807) is 0 Å². The van der Waals surface area contributed by atoms with Crippen LogP contribution in [0.1, 0.15) is 30.5 Å². The molecule has 0 aliphatic carbocycles. The Morgan fingerprint density at radius 3 is 1.54 bits per heavy atom. The molecule has 0 radical (unpaired) electrons. The van der Waals surface area contributed by atoms with Crippen molar-refractivity contribution in [2.24, 2.45) is 0 Å². The van der Waals surface area contributed by atoms with Crippen molar-refractivity contribution < 1.29 is 41.7 Å². The second kappa shape index (κ2) is 6.66. The van der Waals surface area contributed by atoms with E-state index < -0.39 is 40.4 Å². The van der Waals surface area contributed by atoms with Gasteiger partial charge in [0.2, 0.25) is 0 Å². The standard InChI is InChI=1S/C19H18F6O3/c1-10-4-5-11(8-13(10)16(2,27)18(20,21)22)12-6-7-15(26)14(9-12)17(3,28)19(23,24)25/h4-9,26-28H,1-3H3. The van der Waals surface area contributed by atoms with Gasteiger partial charge in [-0.15, -0.1) is 0 Å². The van der Waals surface area contributed by atoms with Gasteiger partial charge in [-0.25, -0.2) is 0 Å². The van der Waals surface area contributed by atoms with E-state index in [4.69, 9.17) is 0 Å². The van der Waals surface area contributed by atoms with Gasteiger partial charge in [-0.2, -0.15) is 26.3 Å². The van der Waals surface area contributed by atoms with E-state index in [1.165, 1.54) is 25.1 Å². The molecular weight excluding hydrogens is 390 g/mol. The maximum atomic E-state index is 13.2. The first-order valence-corrected chi connectivity index (χ1v) is 8.03. The summed E-state index contributed by atoms with van der Waals surface area (Å²) in [6, 6.07) is 6.62. The van der Waals surface area contributed by atoms with Crippen LogP contribution in [0.15, 0.2) is 36.4 Å². The van der Waals surface area contributed by atoms with Crippen LogP contribution in [0.5, 0.6) is 5.75 Å². The number of phenols is 1. The molecule has 2 rings (SSSR count). The summed E-state index contributed by atoms with van der Waals surface area (Å²) < 4.78 is 78.9. The number of aromatic hydroxyl groups is 1. The van der Waals surface area contributed by atoms with Crippen LogP contribution in [0.3, 0.4) is 0 Å². The molecule has 0 heterocycles. The predicted molar refractivity (Wildman–Crippen MR) is 89.5 cm³/mol. The lowest BCUT2D eigenvalue weighted by Gasteiger charge is -2.29. The van der Waals surface area contributed by atoms with Gasteiger partial charge in [-0.1, -0.05) is 18.2 Å². The highest BCUT2D eigenvalue weighted by Gasteiger charge is 2.53. The maximum absolute atomic E-state index is 13.2. The minimum absolute atomic E-state index is 0.0246. The van der Waals surface area contributed by atoms with Crippen molar-refractivity contribution in [2.75, 3.05) is 0 Å². The van der Waals surface area contributed by atoms with Crippen molar-refractivity contribution in [3.8, 4) is 16.9 Å². The third-order valence-electron chi connectivity index (χ3n) is 4.72. The summed E-state index contributed by atoms with van der Waals surface area (Å²) in [5.74, 6) is -0.819. The molecule has 2 aromatic carbocycles. The fourth-order valence-corrected chi connectivity index (χ4v) is 2.74. The molecular formula is C19H18F6O3. The van der Waals surface area contributed by atoms with Crippen LogP contribution in [-0.2, 0) is 11.2 Å². The molecule has 0 fully saturated rings. The molecule has 2 atom stereocenters. The average molecular weight is 408 g/mol. The maximum Gasteiger partial charge on any atom is 0.421 e. The van der Waals surface area contributed by atoms with Crippen LogP contribution in [0.4, 0.5) is 26.3 Å². The number of phenolic OH excluding ortho intramolecular Hbond substituents is 1. The summed E-state index contributed by atoms with van der Waals surface area (Å²) in [6.07, 6.45) is -10.1. The lowest BCUT2D eigenvalue weighted by Crippen LogP contribution is -2.39. The Morgan fingerprint density at radius 1 is 0.679 bits per heavy atom. The van der Waals surface area contributed by atoms with Gasteiger partial charge in [0, 0.05) is 5.56 Å². The second-order valence-corrected chi connectivity index (χ2v) is 6.90. The number of rotatable bonds is 3. The normalized spacial score (nSPS) is 17.1. The number of halogens is 6. The molecule has 0 bridgehead atoms. The molecule has 0 aromatic heterocycles. The van der Waals surface area contributed by atoms with Crippen LogP contribution in [-0.4, -0.2) is 27.7 Å². The molecule has 28 heavy (non-hydrogen) atoms. The van der Waals surface area contributed by atoms with Gasteiger partial charge in [0.15, 0.2) is 11.2 Å². The smallest absolute Gasteiger partial charge is 0.421 e. The van der Waals surface area contributed by atoms with E-state index in [-0.39, 0.29) is 16.7 Å². The van der Waals surface area contributed by atoms with Gasteiger partial charge in [-0.05, 0) is 61.2 Å². The minimum Gasteiger partial charge on any atom is -0.508 e. The molecule has 0 aliphatic rings. The average Bonchev–Trinajstić information content (AvgIpc) is 2.53. The van der Waals surface area contributed by atoms with Gasteiger partial charge in [-0.3, -0.25) is 0 Å². The molecule has 0 aliphatic heterocycles. The molecule has 0 saturated heterocycles. The number of hydrogen-bond donors (Lipinski definition) is 3. The van der Waals surface area contributed by atoms with E-state index in [2.05, 4.69) is 0 Å². The number of aryl methyl sites for hydroxylation is 1. The first-order chi connectivity index (χ1) is 12.5. The molecule has 0 spiro atoms. The summed E-state index contributed by atoms with van der Waals surface area (Å²) in [6.45, 7) is 2.40. The lowest BCUT2D eigenvalue weighted by atomic mass is 9.87. The number of alkyl halides is 6. The summed E-state index contributed by atoms with van der Waals surface area (Å²) in [5.41, 5.74) is -7.63. The SMILES string of the molecule is Cc1ccc(-c2ccc(O)c(C(C)(O)C(F)(F)F)c2)cc1C(C)(O)C(F)(F)F. The van der Waals surface area contributed by atoms with Crippen LogP contribution in [0.2, 0.25) is 0 Å². The molecule has 0 amide bonds. The Morgan fingerprint density at radius 2 is 1.07 bits per heavy atom. The van der Waals surface area contributed by atoms with Crippen molar-refractivity contribution >= 4 is 0 Å². The van der Waals surface area contributed by atoms with E-state index in [0.29, 0.717) is 13.8 Å². The Kier molecular flexibility index (Phi) is 5.24. The summed E-state index contributed by atoms with van der Waals surface area (Å²) in [5, 5.41) is 29.6. The van der Waals surface area contributed by atoms with Crippen molar-refractivity contribution in [3.05, 3.63) is 53.1 Å². The molecule has 2 unspecified atom stereocenters. The highest BCUT2D eigenvalue weighted by molar-refractivity contribution is 5.68. The molecule has 154 valence electrons. The monoisotopic (exact) mass is 408 g/mol. The first kappa shape index (κ1) is 22.0. The van der Waals surface area contributed by atoms with Crippen LogP contribution in [0, 0.1) is 6.92 Å². The van der Waals surface area contributed by atoms with Gasteiger partial charge < -0.3 is 15.3 Å². The Labute approximate surface area is 156 Å². The summed E-state index contributed by atoms with van der Waals surface area (Å²) >= 11 is 0. The molecule has 0 saturated carbocycles. The third kappa shape index (κ3) is 3.68. The van der Waals surface area contributed by atoms with Crippen molar-refractivity contribution in [3.63, 3.8) is 0 Å². The number of hydrogen-bond acceptors (Lipinski definition) is 3. The fraction of sp³-hybridized carbons (Fsp3) is 0.368. The number of aliphatic hydroxyl groups is 2. The quantitative estimate of drug-likeness (QED) is 0.633. The van der Waals surface area contributed by atoms with Crippen molar-refractivity contribution in [1.82, 2.24) is 0 Å². The van der Waals surface area contributed by atoms with Crippen LogP contribution in [0.25, 0.3) is 11.1 Å². The van der Waals surface area contributed by atoms with Gasteiger partial charge in [0.1, 0.15) is 5.75 Å². The summed E-state index contributed by atoms with van der Waals surface area (Å²) in [7, 11) is 0. The van der Waals surface area contributed by atoms with E-state index >= 15 is 0 Å². The largest absolute Gasteiger partial charge is 0.508 e.